The molecule has 3 rings (SSSR count). The highest BCUT2D eigenvalue weighted by Crippen LogP contribution is 2.23. The van der Waals surface area contributed by atoms with Crippen LogP contribution in [-0.2, 0) is 14.8 Å². The fourth-order valence-electron chi connectivity index (χ4n) is 3.01. The molecule has 0 aliphatic carbocycles. The largest absolute Gasteiger partial charge is 0.340 e. The smallest absolute Gasteiger partial charge is 0.243 e. The lowest BCUT2D eigenvalue weighted by Crippen LogP contribution is -2.50. The lowest BCUT2D eigenvalue weighted by Gasteiger charge is -2.34. The van der Waals surface area contributed by atoms with Crippen LogP contribution in [0.2, 0.25) is 0 Å². The van der Waals surface area contributed by atoms with Crippen LogP contribution in [0, 0.1) is 12.7 Å². The number of carbonyl (C=O) groups is 1. The number of aryl methyl sites for hydroxylation is 1. The third-order valence-corrected chi connectivity index (χ3v) is 7.62. The summed E-state index contributed by atoms with van der Waals surface area (Å²) in [6, 6.07) is 13.3. The van der Waals surface area contributed by atoms with Crippen molar-refractivity contribution in [2.75, 3.05) is 31.9 Å². The van der Waals surface area contributed by atoms with Crippen molar-refractivity contribution in [3.05, 3.63) is 59.9 Å². The zero-order valence-corrected chi connectivity index (χ0v) is 17.3. The summed E-state index contributed by atoms with van der Waals surface area (Å²) in [5.41, 5.74) is 1.00. The summed E-state index contributed by atoms with van der Waals surface area (Å²) in [6.45, 7) is 3.21. The highest BCUT2D eigenvalue weighted by atomic mass is 32.2. The van der Waals surface area contributed by atoms with Gasteiger partial charge in [-0.05, 0) is 31.2 Å². The lowest BCUT2D eigenvalue weighted by molar-refractivity contribution is -0.131. The summed E-state index contributed by atoms with van der Waals surface area (Å²) in [7, 11) is -3.54. The monoisotopic (exact) mass is 422 g/mol. The third kappa shape index (κ3) is 4.92. The fraction of sp³-hybridized carbons (Fsp3) is 0.350. The Morgan fingerprint density at radius 1 is 1.04 bits per heavy atom. The SMILES string of the molecule is Cc1ccc(S(=O)(=O)N2CCN(C(=O)CCSc3ccccc3F)CC2)cc1. The predicted molar refractivity (Wildman–Crippen MR) is 108 cm³/mol. The van der Waals surface area contributed by atoms with Crippen LogP contribution in [0.25, 0.3) is 0 Å². The number of rotatable bonds is 6. The van der Waals surface area contributed by atoms with E-state index < -0.39 is 10.0 Å². The second kappa shape index (κ2) is 9.07. The van der Waals surface area contributed by atoms with Gasteiger partial charge < -0.3 is 4.90 Å². The topological polar surface area (TPSA) is 57.7 Å². The number of hydrogen-bond donors (Lipinski definition) is 0. The summed E-state index contributed by atoms with van der Waals surface area (Å²) >= 11 is 1.31. The quantitative estimate of drug-likeness (QED) is 0.671. The number of hydrogen-bond acceptors (Lipinski definition) is 4. The van der Waals surface area contributed by atoms with E-state index in [1.807, 2.05) is 6.92 Å². The Morgan fingerprint density at radius 3 is 2.32 bits per heavy atom. The molecule has 1 fully saturated rings. The molecule has 5 nitrogen and oxygen atoms in total. The van der Waals surface area contributed by atoms with Gasteiger partial charge in [0, 0.05) is 43.2 Å². The molecule has 0 unspecified atom stereocenters. The van der Waals surface area contributed by atoms with Crippen molar-refractivity contribution in [2.45, 2.75) is 23.1 Å². The second-order valence-electron chi connectivity index (χ2n) is 6.63. The second-order valence-corrected chi connectivity index (χ2v) is 9.70. The van der Waals surface area contributed by atoms with Crippen molar-refractivity contribution < 1.29 is 17.6 Å². The summed E-state index contributed by atoms with van der Waals surface area (Å²) in [5, 5.41) is 0. The van der Waals surface area contributed by atoms with Crippen molar-refractivity contribution in [2.24, 2.45) is 0 Å². The molecule has 1 aliphatic rings. The Labute approximate surface area is 169 Å². The molecule has 0 bridgehead atoms. The van der Waals surface area contributed by atoms with Crippen LogP contribution in [0.3, 0.4) is 0 Å². The predicted octanol–water partition coefficient (Wildman–Crippen LogP) is 3.15. The number of halogens is 1. The summed E-state index contributed by atoms with van der Waals surface area (Å²) in [6.07, 6.45) is 0.295. The Kier molecular flexibility index (Phi) is 6.74. The van der Waals surface area contributed by atoms with Gasteiger partial charge in [-0.2, -0.15) is 4.31 Å². The van der Waals surface area contributed by atoms with Crippen molar-refractivity contribution in [1.29, 1.82) is 0 Å². The Bertz CT molecular complexity index is 925. The first-order chi connectivity index (χ1) is 13.4. The summed E-state index contributed by atoms with van der Waals surface area (Å²) in [5.74, 6) is 0.174. The molecule has 1 amide bonds. The van der Waals surface area contributed by atoms with Crippen LogP contribution in [-0.4, -0.2) is 55.5 Å². The van der Waals surface area contributed by atoms with Gasteiger partial charge >= 0.3 is 0 Å². The minimum atomic E-state index is -3.54. The van der Waals surface area contributed by atoms with Gasteiger partial charge in [-0.15, -0.1) is 11.8 Å². The molecule has 0 N–H and O–H groups in total. The van der Waals surface area contributed by atoms with Gasteiger partial charge in [-0.3, -0.25) is 4.79 Å². The Morgan fingerprint density at radius 2 is 1.68 bits per heavy atom. The van der Waals surface area contributed by atoms with Gasteiger partial charge in [0.1, 0.15) is 5.82 Å². The maximum atomic E-state index is 13.6. The zero-order valence-electron chi connectivity index (χ0n) is 15.7. The van der Waals surface area contributed by atoms with E-state index in [-0.39, 0.29) is 29.7 Å². The van der Waals surface area contributed by atoms with Gasteiger partial charge in [0.15, 0.2) is 0 Å². The molecule has 1 heterocycles. The molecule has 1 saturated heterocycles. The van der Waals surface area contributed by atoms with Crippen LogP contribution in [0.1, 0.15) is 12.0 Å². The van der Waals surface area contributed by atoms with Crippen molar-refractivity contribution in [1.82, 2.24) is 9.21 Å². The van der Waals surface area contributed by atoms with E-state index in [1.165, 1.54) is 22.1 Å². The van der Waals surface area contributed by atoms with E-state index in [2.05, 4.69) is 0 Å². The number of sulfonamides is 1. The van der Waals surface area contributed by atoms with E-state index >= 15 is 0 Å². The minimum absolute atomic E-state index is 0.0313. The molecule has 0 spiro atoms. The maximum absolute atomic E-state index is 13.6. The normalized spacial score (nSPS) is 15.6. The fourth-order valence-corrected chi connectivity index (χ4v) is 5.30. The van der Waals surface area contributed by atoms with E-state index in [1.54, 1.807) is 47.4 Å². The van der Waals surface area contributed by atoms with Crippen LogP contribution in [0.4, 0.5) is 4.39 Å². The third-order valence-electron chi connectivity index (χ3n) is 4.66. The average Bonchev–Trinajstić information content (AvgIpc) is 2.70. The molecule has 0 aromatic heterocycles. The van der Waals surface area contributed by atoms with Gasteiger partial charge in [-0.25, -0.2) is 12.8 Å². The lowest BCUT2D eigenvalue weighted by atomic mass is 10.2. The molecule has 1 aliphatic heterocycles. The standard InChI is InChI=1S/C20H23FN2O3S2/c1-16-6-8-17(9-7-16)28(25,26)23-13-11-22(12-14-23)20(24)10-15-27-19-5-3-2-4-18(19)21/h2-9H,10-15H2,1H3. The molecular formula is C20H23FN2O3S2. The highest BCUT2D eigenvalue weighted by molar-refractivity contribution is 7.99. The molecule has 2 aromatic rings. The molecule has 0 saturated carbocycles. The van der Waals surface area contributed by atoms with E-state index in [0.29, 0.717) is 30.2 Å². The van der Waals surface area contributed by atoms with Gasteiger partial charge in [0.2, 0.25) is 15.9 Å². The van der Waals surface area contributed by atoms with Crippen molar-refractivity contribution in [3.8, 4) is 0 Å². The van der Waals surface area contributed by atoms with Gasteiger partial charge in [0.05, 0.1) is 4.90 Å². The van der Waals surface area contributed by atoms with Crippen LogP contribution >= 0.6 is 11.8 Å². The first kappa shape index (κ1) is 20.8. The molecule has 28 heavy (non-hydrogen) atoms. The minimum Gasteiger partial charge on any atom is -0.340 e. The highest BCUT2D eigenvalue weighted by Gasteiger charge is 2.29. The van der Waals surface area contributed by atoms with Crippen molar-refractivity contribution in [3.63, 3.8) is 0 Å². The maximum Gasteiger partial charge on any atom is 0.243 e. The molecular weight excluding hydrogens is 399 g/mol. The molecule has 0 atom stereocenters. The Hall–Kier alpha value is -1.90. The first-order valence-corrected chi connectivity index (χ1v) is 11.5. The molecule has 150 valence electrons. The Balaban J connectivity index is 1.50. The number of amides is 1. The number of carbonyl (C=O) groups excluding carboxylic acids is 1. The van der Waals surface area contributed by atoms with E-state index in [9.17, 15) is 17.6 Å². The van der Waals surface area contributed by atoms with Gasteiger partial charge in [0.25, 0.3) is 0 Å². The number of thioether (sulfide) groups is 1. The van der Waals surface area contributed by atoms with E-state index in [4.69, 9.17) is 0 Å². The van der Waals surface area contributed by atoms with E-state index in [0.717, 1.165) is 5.56 Å². The first-order valence-electron chi connectivity index (χ1n) is 9.10. The summed E-state index contributed by atoms with van der Waals surface area (Å²) in [4.78, 5) is 14.9. The zero-order chi connectivity index (χ0) is 20.1. The molecule has 2 aromatic carbocycles. The van der Waals surface area contributed by atoms with Crippen molar-refractivity contribution >= 4 is 27.7 Å². The van der Waals surface area contributed by atoms with Crippen LogP contribution in [0.15, 0.2) is 58.3 Å². The molecule has 0 radical (unpaired) electrons. The molecule has 8 heteroatoms. The number of piperazine rings is 1. The number of nitrogens with zero attached hydrogens (tertiary/aromatic N) is 2. The van der Waals surface area contributed by atoms with Crippen LogP contribution < -0.4 is 0 Å². The number of benzene rings is 2. The van der Waals surface area contributed by atoms with Gasteiger partial charge in [-0.1, -0.05) is 29.8 Å². The average molecular weight is 423 g/mol. The summed E-state index contributed by atoms with van der Waals surface area (Å²) < 4.78 is 40.5. The van der Waals surface area contributed by atoms with Crippen LogP contribution in [0.5, 0.6) is 0 Å².